The van der Waals surface area contributed by atoms with Crippen LogP contribution < -0.4 is 15.0 Å². The van der Waals surface area contributed by atoms with E-state index in [4.69, 9.17) is 21.3 Å². The molecule has 3 saturated heterocycles. The molecule has 1 aromatic heterocycles. The molecule has 4 aromatic rings. The molecule has 0 saturated carbocycles. The van der Waals surface area contributed by atoms with Gasteiger partial charge < -0.3 is 20.1 Å². The maximum atomic E-state index is 16.7. The third-order valence-electron chi connectivity index (χ3n) is 9.20. The number of fused-ring (bicyclic) bond motifs is 3. The van der Waals surface area contributed by atoms with Crippen molar-refractivity contribution in [3.63, 3.8) is 0 Å². The first-order chi connectivity index (χ1) is 21.3. The molecular weight excluding hydrogens is 593 g/mol. The number of phenolic OH excluding ortho intramolecular Hbond substituents is 1. The van der Waals surface area contributed by atoms with Gasteiger partial charge in [0.05, 0.1) is 28.6 Å². The Morgan fingerprint density at radius 2 is 2.05 bits per heavy atom. The lowest BCUT2D eigenvalue weighted by atomic mass is 9.95. The van der Waals surface area contributed by atoms with Crippen LogP contribution in [0.5, 0.6) is 11.8 Å². The fourth-order valence-electron chi connectivity index (χ4n) is 7.17. The Hall–Kier alpha value is -3.85. The van der Waals surface area contributed by atoms with Gasteiger partial charge >= 0.3 is 6.01 Å². The number of aromatic hydroxyl groups is 1. The number of nitriles is 1. The molecule has 3 aliphatic rings. The predicted octanol–water partition coefficient (Wildman–Crippen LogP) is 5.73. The van der Waals surface area contributed by atoms with Crippen LogP contribution in [0.3, 0.4) is 0 Å². The van der Waals surface area contributed by atoms with Crippen LogP contribution in [0, 0.1) is 23.0 Å². The second-order valence-corrected chi connectivity index (χ2v) is 12.3. The summed E-state index contributed by atoms with van der Waals surface area (Å²) in [5.41, 5.74) is -0.519. The summed E-state index contributed by atoms with van der Waals surface area (Å²) in [7, 11) is 0. The first kappa shape index (κ1) is 28.9. The Kier molecular flexibility index (Phi) is 7.39. The third-order valence-corrected chi connectivity index (χ3v) is 9.57. The quantitative estimate of drug-likeness (QED) is 0.281. The van der Waals surface area contributed by atoms with Crippen molar-refractivity contribution in [2.45, 2.75) is 43.4 Å². The summed E-state index contributed by atoms with van der Waals surface area (Å²) >= 11 is 6.36. The summed E-state index contributed by atoms with van der Waals surface area (Å²) in [6.07, 6.45) is 1.41. The van der Waals surface area contributed by atoms with E-state index >= 15 is 4.39 Å². The van der Waals surface area contributed by atoms with Gasteiger partial charge in [0.15, 0.2) is 5.82 Å². The van der Waals surface area contributed by atoms with Gasteiger partial charge in [-0.2, -0.15) is 15.2 Å². The number of nitrogens with one attached hydrogen (secondary N) is 1. The molecule has 0 radical (unpaired) electrons. The highest BCUT2D eigenvalue weighted by molar-refractivity contribution is 6.37. The number of aromatic nitrogens is 2. The molecule has 2 N–H and O–H groups in total. The van der Waals surface area contributed by atoms with Gasteiger partial charge in [0.25, 0.3) is 0 Å². The Morgan fingerprint density at radius 1 is 1.18 bits per heavy atom. The number of piperazine rings is 1. The van der Waals surface area contributed by atoms with E-state index in [9.17, 15) is 19.1 Å². The number of nitrogens with zero attached hydrogens (tertiary/aromatic N) is 5. The molecule has 12 heteroatoms. The first-order valence-corrected chi connectivity index (χ1v) is 15.1. The maximum absolute atomic E-state index is 16.7. The summed E-state index contributed by atoms with van der Waals surface area (Å²) in [5, 5.41) is 24.8. The van der Waals surface area contributed by atoms with Crippen LogP contribution in [0.1, 0.15) is 25.7 Å². The van der Waals surface area contributed by atoms with Crippen molar-refractivity contribution >= 4 is 39.1 Å². The first-order valence-electron chi connectivity index (χ1n) is 14.8. The van der Waals surface area contributed by atoms with Gasteiger partial charge in [-0.05, 0) is 42.5 Å². The predicted molar refractivity (Wildman–Crippen MR) is 162 cm³/mol. The van der Waals surface area contributed by atoms with Crippen LogP contribution in [0.2, 0.25) is 5.02 Å². The van der Waals surface area contributed by atoms with Crippen LogP contribution in [-0.2, 0) is 0 Å². The number of rotatable bonds is 6. The molecule has 3 atom stereocenters. The zero-order valence-corrected chi connectivity index (χ0v) is 24.5. The summed E-state index contributed by atoms with van der Waals surface area (Å²) < 4.78 is 51.9. The molecule has 8 nitrogen and oxygen atoms in total. The average molecular weight is 623 g/mol. The van der Waals surface area contributed by atoms with Gasteiger partial charge in [-0.3, -0.25) is 4.90 Å². The van der Waals surface area contributed by atoms with Gasteiger partial charge in [-0.15, -0.1) is 0 Å². The van der Waals surface area contributed by atoms with Gasteiger partial charge in [0, 0.05) is 49.4 Å². The molecule has 4 heterocycles. The lowest BCUT2D eigenvalue weighted by Crippen LogP contribution is -2.51. The van der Waals surface area contributed by atoms with Crippen LogP contribution >= 0.6 is 11.6 Å². The topological polar surface area (TPSA) is 97.5 Å². The van der Waals surface area contributed by atoms with E-state index in [0.29, 0.717) is 43.8 Å². The number of phenols is 1. The number of ether oxygens (including phenoxy) is 1. The Balaban J connectivity index is 1.38. The molecule has 44 heavy (non-hydrogen) atoms. The van der Waals surface area contributed by atoms with E-state index in [1.54, 1.807) is 24.3 Å². The maximum Gasteiger partial charge on any atom is 0.319 e. The van der Waals surface area contributed by atoms with Crippen LogP contribution in [-0.4, -0.2) is 77.1 Å². The van der Waals surface area contributed by atoms with Crippen LogP contribution in [0.15, 0.2) is 36.4 Å². The zero-order valence-electron chi connectivity index (χ0n) is 23.8. The SMILES string of the molecule is N#CC[C@H]1CN(c2nc(OC[C@@]34CCCN3C[C@H](F)C4)nc3c(F)c(-c4cccc5ccc(F)c(Cl)c45)c(O)cc23)CCN1. The molecule has 0 bridgehead atoms. The molecule has 0 aliphatic carbocycles. The standard InChI is InChI=1S/C32H30ClF3N6O2/c33-27-23(35)6-5-18-3-1-4-21(25(18)27)26-24(43)13-22-29(28(26)36)39-31(40-30(22)41-12-10-38-20(16-41)7-9-37)44-17-32-8-2-11-42(32)15-19(34)14-32/h1,3-6,13,19-20,38,43H,2,7-8,10-12,14-17H2/t19-,20+,32+/m1/s1. The van der Waals surface area contributed by atoms with Gasteiger partial charge in [0.2, 0.25) is 0 Å². The fourth-order valence-corrected chi connectivity index (χ4v) is 7.44. The molecule has 7 rings (SSSR count). The fraction of sp³-hybridized carbons (Fsp3) is 0.406. The van der Waals surface area contributed by atoms with Gasteiger partial charge in [0.1, 0.15) is 35.7 Å². The van der Waals surface area contributed by atoms with E-state index in [1.807, 2.05) is 4.90 Å². The second kappa shape index (κ2) is 11.3. The number of halogens is 4. The number of hydrogen-bond donors (Lipinski definition) is 2. The van der Waals surface area contributed by atoms with E-state index in [-0.39, 0.29) is 63.3 Å². The average Bonchev–Trinajstić information content (AvgIpc) is 3.54. The highest BCUT2D eigenvalue weighted by atomic mass is 35.5. The normalized spacial score (nSPS) is 23.8. The molecule has 3 aromatic carbocycles. The van der Waals surface area contributed by atoms with Crippen molar-refractivity contribution in [2.75, 3.05) is 44.2 Å². The number of hydrogen-bond acceptors (Lipinski definition) is 8. The number of alkyl halides is 1. The van der Waals surface area contributed by atoms with Crippen molar-refractivity contribution in [3.05, 3.63) is 53.1 Å². The lowest BCUT2D eigenvalue weighted by molar-refractivity contribution is 0.107. The van der Waals surface area contributed by atoms with Crippen molar-refractivity contribution in [2.24, 2.45) is 0 Å². The van der Waals surface area contributed by atoms with E-state index in [0.717, 1.165) is 19.4 Å². The third kappa shape index (κ3) is 4.85. The smallest absolute Gasteiger partial charge is 0.319 e. The Labute approximate surface area is 257 Å². The van der Waals surface area contributed by atoms with E-state index < -0.39 is 23.3 Å². The van der Waals surface area contributed by atoms with Crippen molar-refractivity contribution in [1.82, 2.24) is 20.2 Å². The summed E-state index contributed by atoms with van der Waals surface area (Å²) in [6, 6.07) is 11.1. The summed E-state index contributed by atoms with van der Waals surface area (Å²) in [6.45, 7) is 2.80. The van der Waals surface area contributed by atoms with Crippen molar-refractivity contribution in [3.8, 4) is 29.0 Å². The zero-order chi connectivity index (χ0) is 30.6. The van der Waals surface area contributed by atoms with Gasteiger partial charge in [-0.25, -0.2) is 13.2 Å². The van der Waals surface area contributed by atoms with Crippen molar-refractivity contribution < 1.29 is 23.0 Å². The molecule has 0 spiro atoms. The minimum atomic E-state index is -0.940. The molecule has 228 valence electrons. The number of benzene rings is 3. The van der Waals surface area contributed by atoms with Gasteiger partial charge in [-0.1, -0.05) is 35.9 Å². The highest BCUT2D eigenvalue weighted by Crippen LogP contribution is 2.45. The second-order valence-electron chi connectivity index (χ2n) is 11.9. The minimum Gasteiger partial charge on any atom is -0.507 e. The molecule has 0 unspecified atom stereocenters. The molecule has 3 fully saturated rings. The number of anilines is 1. The molecule has 0 amide bonds. The lowest BCUT2D eigenvalue weighted by Gasteiger charge is -2.34. The Bertz CT molecular complexity index is 1820. The van der Waals surface area contributed by atoms with Crippen LogP contribution in [0.4, 0.5) is 19.0 Å². The van der Waals surface area contributed by atoms with Crippen molar-refractivity contribution in [1.29, 1.82) is 5.26 Å². The monoisotopic (exact) mass is 622 g/mol. The van der Waals surface area contributed by atoms with Crippen LogP contribution in [0.25, 0.3) is 32.8 Å². The highest BCUT2D eigenvalue weighted by Gasteiger charge is 2.49. The summed E-state index contributed by atoms with van der Waals surface area (Å²) in [5.74, 6) is -1.53. The van der Waals surface area contributed by atoms with E-state index in [2.05, 4.69) is 21.3 Å². The minimum absolute atomic E-state index is 0.0658. The molecule has 3 aliphatic heterocycles. The molecular formula is C32H30ClF3N6O2. The van der Waals surface area contributed by atoms with E-state index in [1.165, 1.54) is 12.1 Å². The largest absolute Gasteiger partial charge is 0.507 e. The summed E-state index contributed by atoms with van der Waals surface area (Å²) in [4.78, 5) is 13.2. The Morgan fingerprint density at radius 3 is 2.89 bits per heavy atom.